The number of H-pyrrole nitrogens is 1. The van der Waals surface area contributed by atoms with Crippen LogP contribution < -0.4 is 0 Å². The minimum Gasteiger partial charge on any atom is -0.481 e. The zero-order valence-electron chi connectivity index (χ0n) is 8.90. The quantitative estimate of drug-likeness (QED) is 0.807. The van der Waals surface area contributed by atoms with Crippen molar-refractivity contribution in [2.75, 3.05) is 0 Å². The molecule has 1 fully saturated rings. The van der Waals surface area contributed by atoms with Crippen molar-refractivity contribution >= 4 is 17.0 Å². The average Bonchev–Trinajstić information content (AvgIpc) is 2.92. The molecule has 2 N–H and O–H groups in total. The lowest BCUT2D eigenvalue weighted by Crippen LogP contribution is -1.99. The fraction of sp³-hybridized carbons (Fsp3) is 0.333. The van der Waals surface area contributed by atoms with Crippen molar-refractivity contribution in [3.8, 4) is 0 Å². The van der Waals surface area contributed by atoms with Crippen LogP contribution in [0.4, 0.5) is 0 Å². The highest BCUT2D eigenvalue weighted by molar-refractivity contribution is 5.80. The Balaban J connectivity index is 2.01. The Bertz CT molecular complexity index is 573. The molecule has 1 aliphatic rings. The average molecular weight is 216 g/mol. The summed E-state index contributed by atoms with van der Waals surface area (Å²) < 4.78 is 0. The van der Waals surface area contributed by atoms with Crippen molar-refractivity contribution < 1.29 is 9.90 Å². The molecular weight excluding hydrogens is 204 g/mol. The molecule has 0 unspecified atom stereocenters. The fourth-order valence-corrected chi connectivity index (χ4v) is 2.14. The van der Waals surface area contributed by atoms with E-state index in [4.69, 9.17) is 5.11 Å². The van der Waals surface area contributed by atoms with E-state index >= 15 is 0 Å². The van der Waals surface area contributed by atoms with E-state index in [1.54, 1.807) is 0 Å². The molecule has 1 aromatic carbocycles. The number of carboxylic acid groups (broad SMARTS) is 1. The number of hydrogen-bond acceptors (Lipinski definition) is 2. The van der Waals surface area contributed by atoms with Crippen LogP contribution in [-0.4, -0.2) is 21.0 Å². The molecule has 0 spiro atoms. The summed E-state index contributed by atoms with van der Waals surface area (Å²) in [4.78, 5) is 18.5. The van der Waals surface area contributed by atoms with Gasteiger partial charge in [-0.05, 0) is 25.0 Å². The molecule has 1 aliphatic carbocycles. The third-order valence-electron chi connectivity index (χ3n) is 3.19. The van der Waals surface area contributed by atoms with Crippen LogP contribution in [0.25, 0.3) is 11.0 Å². The van der Waals surface area contributed by atoms with Gasteiger partial charge in [-0.15, -0.1) is 0 Å². The molecule has 2 atom stereocenters. The SMILES string of the molecule is Cc1cccc2[nH]c([C@@H]3C[C@@H]3C(=O)O)nc12. The molecule has 1 saturated carbocycles. The maximum Gasteiger partial charge on any atom is 0.307 e. The summed E-state index contributed by atoms with van der Waals surface area (Å²) in [5.74, 6) is -0.0796. The molecule has 3 rings (SSSR count). The van der Waals surface area contributed by atoms with Crippen LogP contribution in [0.15, 0.2) is 18.2 Å². The summed E-state index contributed by atoms with van der Waals surface area (Å²) in [7, 11) is 0. The second-order valence-electron chi connectivity index (χ2n) is 4.38. The highest BCUT2D eigenvalue weighted by atomic mass is 16.4. The van der Waals surface area contributed by atoms with Crippen molar-refractivity contribution in [1.82, 2.24) is 9.97 Å². The summed E-state index contributed by atoms with van der Waals surface area (Å²) in [6.45, 7) is 2.01. The Morgan fingerprint density at radius 3 is 3.00 bits per heavy atom. The van der Waals surface area contributed by atoms with Crippen LogP contribution in [0.2, 0.25) is 0 Å². The number of carbonyl (C=O) groups is 1. The molecule has 0 radical (unpaired) electrons. The summed E-state index contributed by atoms with van der Waals surface area (Å²) in [6, 6.07) is 5.95. The smallest absolute Gasteiger partial charge is 0.307 e. The first-order valence-electron chi connectivity index (χ1n) is 5.35. The van der Waals surface area contributed by atoms with E-state index in [0.717, 1.165) is 22.4 Å². The highest BCUT2D eigenvalue weighted by Gasteiger charge is 2.46. The Hall–Kier alpha value is -1.84. The molecule has 0 bridgehead atoms. The van der Waals surface area contributed by atoms with Crippen molar-refractivity contribution in [3.63, 3.8) is 0 Å². The van der Waals surface area contributed by atoms with E-state index in [0.29, 0.717) is 6.42 Å². The lowest BCUT2D eigenvalue weighted by Gasteiger charge is -1.90. The Morgan fingerprint density at radius 1 is 1.56 bits per heavy atom. The first-order chi connectivity index (χ1) is 7.66. The van der Waals surface area contributed by atoms with Crippen LogP contribution in [0.3, 0.4) is 0 Å². The van der Waals surface area contributed by atoms with Gasteiger partial charge in [0.1, 0.15) is 5.82 Å². The first kappa shape index (κ1) is 9.39. The lowest BCUT2D eigenvalue weighted by atomic mass is 10.2. The topological polar surface area (TPSA) is 66.0 Å². The van der Waals surface area contributed by atoms with E-state index in [1.807, 2.05) is 25.1 Å². The summed E-state index contributed by atoms with van der Waals surface area (Å²) in [5, 5.41) is 8.87. The van der Waals surface area contributed by atoms with Crippen molar-refractivity contribution in [2.24, 2.45) is 5.92 Å². The number of aromatic amines is 1. The predicted molar refractivity (Wildman–Crippen MR) is 59.3 cm³/mol. The molecule has 0 saturated heterocycles. The van der Waals surface area contributed by atoms with Gasteiger partial charge in [-0.3, -0.25) is 4.79 Å². The summed E-state index contributed by atoms with van der Waals surface area (Å²) >= 11 is 0. The summed E-state index contributed by atoms with van der Waals surface area (Å²) in [5.41, 5.74) is 3.06. The third kappa shape index (κ3) is 1.30. The second-order valence-corrected chi connectivity index (χ2v) is 4.38. The molecule has 16 heavy (non-hydrogen) atoms. The van der Waals surface area contributed by atoms with Gasteiger partial charge in [-0.1, -0.05) is 12.1 Å². The molecule has 82 valence electrons. The molecule has 1 heterocycles. The van der Waals surface area contributed by atoms with Crippen LogP contribution in [0.5, 0.6) is 0 Å². The number of benzene rings is 1. The number of carboxylic acids is 1. The molecule has 2 aromatic rings. The van der Waals surface area contributed by atoms with E-state index in [9.17, 15) is 4.79 Å². The standard InChI is InChI=1S/C12H12N2O2/c1-6-3-2-4-9-10(6)14-11(13-9)7-5-8(7)12(15)16/h2-4,7-8H,5H2,1H3,(H,13,14)(H,15,16)/t7-,8+/m1/s1. The van der Waals surface area contributed by atoms with Gasteiger partial charge in [0.05, 0.1) is 17.0 Å². The summed E-state index contributed by atoms with van der Waals surface area (Å²) in [6.07, 6.45) is 0.703. The van der Waals surface area contributed by atoms with Gasteiger partial charge in [0.15, 0.2) is 0 Å². The number of imidazole rings is 1. The van der Waals surface area contributed by atoms with Gasteiger partial charge < -0.3 is 10.1 Å². The molecule has 0 amide bonds. The maximum absolute atomic E-state index is 10.8. The van der Waals surface area contributed by atoms with Gasteiger partial charge in [0, 0.05) is 5.92 Å². The zero-order chi connectivity index (χ0) is 11.3. The van der Waals surface area contributed by atoms with Gasteiger partial charge >= 0.3 is 5.97 Å². The number of hydrogen-bond donors (Lipinski definition) is 2. The van der Waals surface area contributed by atoms with Crippen LogP contribution in [0, 0.1) is 12.8 Å². The third-order valence-corrected chi connectivity index (χ3v) is 3.19. The van der Waals surface area contributed by atoms with E-state index in [1.165, 1.54) is 0 Å². The van der Waals surface area contributed by atoms with Gasteiger partial charge in [0.25, 0.3) is 0 Å². The van der Waals surface area contributed by atoms with Crippen molar-refractivity contribution in [2.45, 2.75) is 19.3 Å². The van der Waals surface area contributed by atoms with Crippen LogP contribution in [0.1, 0.15) is 23.7 Å². The van der Waals surface area contributed by atoms with E-state index in [2.05, 4.69) is 9.97 Å². The van der Waals surface area contributed by atoms with E-state index < -0.39 is 5.97 Å². The van der Waals surface area contributed by atoms with Gasteiger partial charge in [-0.25, -0.2) is 4.98 Å². The Morgan fingerprint density at radius 2 is 2.38 bits per heavy atom. The normalized spacial score (nSPS) is 23.6. The van der Waals surface area contributed by atoms with Gasteiger partial charge in [-0.2, -0.15) is 0 Å². The number of rotatable bonds is 2. The molecular formula is C12H12N2O2. The maximum atomic E-state index is 10.8. The first-order valence-corrected chi connectivity index (χ1v) is 5.35. The van der Waals surface area contributed by atoms with Crippen molar-refractivity contribution in [1.29, 1.82) is 0 Å². The highest BCUT2D eigenvalue weighted by Crippen LogP contribution is 2.46. The van der Waals surface area contributed by atoms with Crippen LogP contribution >= 0.6 is 0 Å². The molecule has 4 heteroatoms. The number of nitrogens with zero attached hydrogens (tertiary/aromatic N) is 1. The minimum atomic E-state index is -0.720. The van der Waals surface area contributed by atoms with E-state index in [-0.39, 0.29) is 11.8 Å². The number of aryl methyl sites for hydroxylation is 1. The monoisotopic (exact) mass is 216 g/mol. The Kier molecular flexibility index (Phi) is 1.80. The number of para-hydroxylation sites is 1. The zero-order valence-corrected chi connectivity index (χ0v) is 8.90. The molecule has 4 nitrogen and oxygen atoms in total. The number of aliphatic carboxylic acids is 1. The van der Waals surface area contributed by atoms with Crippen LogP contribution in [-0.2, 0) is 4.79 Å². The molecule has 1 aromatic heterocycles. The minimum absolute atomic E-state index is 0.0734. The van der Waals surface area contributed by atoms with Crippen molar-refractivity contribution in [3.05, 3.63) is 29.6 Å². The Labute approximate surface area is 92.3 Å². The number of nitrogens with one attached hydrogen (secondary N) is 1. The second kappa shape index (κ2) is 3.07. The fourth-order valence-electron chi connectivity index (χ4n) is 2.14. The molecule has 0 aliphatic heterocycles. The van der Waals surface area contributed by atoms with Gasteiger partial charge in [0.2, 0.25) is 0 Å². The predicted octanol–water partition coefficient (Wildman–Crippen LogP) is 2.06. The number of fused-ring (bicyclic) bond motifs is 1. The number of aromatic nitrogens is 2. The lowest BCUT2D eigenvalue weighted by molar-refractivity contribution is -0.138. The largest absolute Gasteiger partial charge is 0.481 e.